The van der Waals surface area contributed by atoms with Gasteiger partial charge in [0, 0.05) is 25.7 Å². The van der Waals surface area contributed by atoms with Gasteiger partial charge in [-0.25, -0.2) is 0 Å². The number of nitrogens with zero attached hydrogens (tertiary/aromatic N) is 1. The summed E-state index contributed by atoms with van der Waals surface area (Å²) in [6, 6.07) is 7.93. The third kappa shape index (κ3) is 5.14. The molecule has 0 atom stereocenters. The van der Waals surface area contributed by atoms with Gasteiger partial charge in [0.15, 0.2) is 0 Å². The summed E-state index contributed by atoms with van der Waals surface area (Å²) >= 11 is 0. The van der Waals surface area contributed by atoms with Gasteiger partial charge in [-0.15, -0.1) is 0 Å². The van der Waals surface area contributed by atoms with E-state index in [0.717, 1.165) is 19.6 Å². The van der Waals surface area contributed by atoms with Crippen LogP contribution in [0.15, 0.2) is 24.3 Å². The van der Waals surface area contributed by atoms with Crippen LogP contribution in [0, 0.1) is 0 Å². The lowest BCUT2D eigenvalue weighted by Crippen LogP contribution is -2.32. The smallest absolute Gasteiger partial charge is 0.115 e. The van der Waals surface area contributed by atoms with E-state index >= 15 is 0 Å². The van der Waals surface area contributed by atoms with E-state index in [1.807, 2.05) is 12.1 Å². The molecule has 2 N–H and O–H groups in total. The predicted octanol–water partition coefficient (Wildman–Crippen LogP) is 1.82. The highest BCUT2D eigenvalue weighted by molar-refractivity contribution is 5.25. The molecule has 0 spiro atoms. The van der Waals surface area contributed by atoms with Gasteiger partial charge in [-0.05, 0) is 24.7 Å². The third-order valence-corrected chi connectivity index (χ3v) is 2.43. The molecule has 3 heteroatoms. The minimum atomic E-state index is 0.327. The first-order chi connectivity index (χ1) is 7.58. The van der Waals surface area contributed by atoms with Crippen LogP contribution < -0.4 is 5.32 Å². The summed E-state index contributed by atoms with van der Waals surface area (Å²) in [5.41, 5.74) is 1.23. The van der Waals surface area contributed by atoms with E-state index in [0.29, 0.717) is 11.8 Å². The molecule has 90 valence electrons. The molecule has 0 aliphatic rings. The summed E-state index contributed by atoms with van der Waals surface area (Å²) in [5, 5.41) is 12.6. The largest absolute Gasteiger partial charge is 0.508 e. The fourth-order valence-electron chi connectivity index (χ4n) is 1.54. The molecular weight excluding hydrogens is 200 g/mol. The molecule has 0 radical (unpaired) electrons. The van der Waals surface area contributed by atoms with Crippen molar-refractivity contribution in [1.82, 2.24) is 10.2 Å². The van der Waals surface area contributed by atoms with E-state index in [1.54, 1.807) is 12.1 Å². The second-order valence-electron chi connectivity index (χ2n) is 4.51. The first-order valence-electron chi connectivity index (χ1n) is 5.78. The molecule has 0 amide bonds. The number of phenols is 1. The number of benzene rings is 1. The second-order valence-corrected chi connectivity index (χ2v) is 4.51. The summed E-state index contributed by atoms with van der Waals surface area (Å²) in [5.74, 6) is 0.327. The Kier molecular flexibility index (Phi) is 5.29. The molecule has 0 aliphatic carbocycles. The molecule has 0 heterocycles. The average Bonchev–Trinajstić information content (AvgIpc) is 2.21. The molecule has 1 rings (SSSR count). The van der Waals surface area contributed by atoms with Crippen LogP contribution in [-0.4, -0.2) is 36.2 Å². The Morgan fingerprint density at radius 2 is 1.88 bits per heavy atom. The Morgan fingerprint density at radius 3 is 2.44 bits per heavy atom. The SMILES string of the molecule is CC(C)NCCN(C)Cc1ccc(O)cc1. The monoisotopic (exact) mass is 222 g/mol. The van der Waals surface area contributed by atoms with Crippen LogP contribution in [0.4, 0.5) is 0 Å². The summed E-state index contributed by atoms with van der Waals surface area (Å²) in [7, 11) is 2.11. The van der Waals surface area contributed by atoms with Crippen LogP contribution in [0.1, 0.15) is 19.4 Å². The number of nitrogens with one attached hydrogen (secondary N) is 1. The van der Waals surface area contributed by atoms with Gasteiger partial charge in [0.05, 0.1) is 0 Å². The maximum atomic E-state index is 9.17. The zero-order valence-corrected chi connectivity index (χ0v) is 10.4. The zero-order chi connectivity index (χ0) is 12.0. The van der Waals surface area contributed by atoms with Crippen molar-refractivity contribution in [2.75, 3.05) is 20.1 Å². The van der Waals surface area contributed by atoms with E-state index in [2.05, 4.69) is 31.1 Å². The Hall–Kier alpha value is -1.06. The summed E-state index contributed by atoms with van der Waals surface area (Å²) in [4.78, 5) is 2.27. The van der Waals surface area contributed by atoms with Gasteiger partial charge in [-0.3, -0.25) is 0 Å². The van der Waals surface area contributed by atoms with Crippen LogP contribution in [0.25, 0.3) is 0 Å². The molecular formula is C13H22N2O. The highest BCUT2D eigenvalue weighted by Crippen LogP contribution is 2.10. The van der Waals surface area contributed by atoms with E-state index in [-0.39, 0.29) is 0 Å². The van der Waals surface area contributed by atoms with Crippen LogP contribution in [0.5, 0.6) is 5.75 Å². The van der Waals surface area contributed by atoms with Crippen molar-refractivity contribution in [2.45, 2.75) is 26.4 Å². The Balaban J connectivity index is 2.28. The molecule has 1 aromatic carbocycles. The molecule has 0 saturated heterocycles. The van der Waals surface area contributed by atoms with Gasteiger partial charge in [-0.2, -0.15) is 0 Å². The van der Waals surface area contributed by atoms with Crippen molar-refractivity contribution in [3.63, 3.8) is 0 Å². The summed E-state index contributed by atoms with van der Waals surface area (Å²) in [6.07, 6.45) is 0. The molecule has 0 saturated carbocycles. The van der Waals surface area contributed by atoms with E-state index in [4.69, 9.17) is 5.11 Å². The highest BCUT2D eigenvalue weighted by atomic mass is 16.3. The third-order valence-electron chi connectivity index (χ3n) is 2.43. The van der Waals surface area contributed by atoms with Gasteiger partial charge >= 0.3 is 0 Å². The predicted molar refractivity (Wildman–Crippen MR) is 67.6 cm³/mol. The molecule has 3 nitrogen and oxygen atoms in total. The highest BCUT2D eigenvalue weighted by Gasteiger charge is 2.00. The Bertz CT molecular complexity index is 295. The minimum absolute atomic E-state index is 0.327. The Labute approximate surface area is 98.1 Å². The van der Waals surface area contributed by atoms with Gasteiger partial charge in [-0.1, -0.05) is 26.0 Å². The topological polar surface area (TPSA) is 35.5 Å². The van der Waals surface area contributed by atoms with Crippen LogP contribution in [-0.2, 0) is 6.54 Å². The van der Waals surface area contributed by atoms with Gasteiger partial charge in [0.1, 0.15) is 5.75 Å². The minimum Gasteiger partial charge on any atom is -0.508 e. The lowest BCUT2D eigenvalue weighted by Gasteiger charge is -2.18. The zero-order valence-electron chi connectivity index (χ0n) is 10.4. The molecule has 0 fully saturated rings. The number of phenolic OH excluding ortho intramolecular Hbond substituents is 1. The Morgan fingerprint density at radius 1 is 1.25 bits per heavy atom. The number of aromatic hydroxyl groups is 1. The fourth-order valence-corrected chi connectivity index (χ4v) is 1.54. The summed E-state index contributed by atoms with van der Waals surface area (Å²) in [6.45, 7) is 7.26. The lowest BCUT2D eigenvalue weighted by molar-refractivity contribution is 0.320. The van der Waals surface area contributed by atoms with Crippen molar-refractivity contribution in [2.24, 2.45) is 0 Å². The fraction of sp³-hybridized carbons (Fsp3) is 0.538. The first kappa shape index (κ1) is 13.0. The number of hydrogen-bond donors (Lipinski definition) is 2. The quantitative estimate of drug-likeness (QED) is 0.770. The van der Waals surface area contributed by atoms with E-state index in [1.165, 1.54) is 5.56 Å². The normalized spacial score (nSPS) is 11.3. The molecule has 0 aliphatic heterocycles. The average molecular weight is 222 g/mol. The van der Waals surface area contributed by atoms with Crippen molar-refractivity contribution < 1.29 is 5.11 Å². The molecule has 16 heavy (non-hydrogen) atoms. The van der Waals surface area contributed by atoms with Crippen molar-refractivity contribution in [3.8, 4) is 5.75 Å². The second kappa shape index (κ2) is 6.51. The maximum absolute atomic E-state index is 9.17. The molecule has 0 unspecified atom stereocenters. The molecule has 1 aromatic rings. The van der Waals surface area contributed by atoms with Crippen LogP contribution in [0.2, 0.25) is 0 Å². The standard InChI is InChI=1S/C13H22N2O/c1-11(2)14-8-9-15(3)10-12-4-6-13(16)7-5-12/h4-7,11,14,16H,8-10H2,1-3H3. The van der Waals surface area contributed by atoms with Gasteiger partial charge in [0.25, 0.3) is 0 Å². The number of rotatable bonds is 6. The van der Waals surface area contributed by atoms with E-state index < -0.39 is 0 Å². The van der Waals surface area contributed by atoms with Crippen molar-refractivity contribution in [3.05, 3.63) is 29.8 Å². The van der Waals surface area contributed by atoms with Crippen molar-refractivity contribution in [1.29, 1.82) is 0 Å². The first-order valence-corrected chi connectivity index (χ1v) is 5.78. The lowest BCUT2D eigenvalue weighted by atomic mass is 10.2. The van der Waals surface area contributed by atoms with Crippen LogP contribution >= 0.6 is 0 Å². The number of hydrogen-bond acceptors (Lipinski definition) is 3. The van der Waals surface area contributed by atoms with E-state index in [9.17, 15) is 0 Å². The van der Waals surface area contributed by atoms with Gasteiger partial charge in [0.2, 0.25) is 0 Å². The van der Waals surface area contributed by atoms with Gasteiger partial charge < -0.3 is 15.3 Å². The van der Waals surface area contributed by atoms with Crippen LogP contribution in [0.3, 0.4) is 0 Å². The summed E-state index contributed by atoms with van der Waals surface area (Å²) < 4.78 is 0. The maximum Gasteiger partial charge on any atom is 0.115 e. The molecule has 0 aromatic heterocycles. The number of likely N-dealkylation sites (N-methyl/N-ethyl adjacent to an activating group) is 1. The van der Waals surface area contributed by atoms with Crippen molar-refractivity contribution >= 4 is 0 Å². The molecule has 0 bridgehead atoms.